The second-order valence-electron chi connectivity index (χ2n) is 15.2. The first kappa shape index (κ1) is 33.3. The Morgan fingerprint density at radius 2 is 0.661 bits per heavy atom. The lowest BCUT2D eigenvalue weighted by Gasteiger charge is -2.28. The molecule has 0 N–H and O–H groups in total. The van der Waals surface area contributed by atoms with Gasteiger partial charge in [-0.05, 0) is 69.9 Å². The van der Waals surface area contributed by atoms with E-state index in [0.717, 1.165) is 105 Å². The third-order valence-corrected chi connectivity index (χ3v) is 11.9. The fourth-order valence-corrected chi connectivity index (χ4v) is 9.04. The predicted octanol–water partition coefficient (Wildman–Crippen LogP) is 16.3. The summed E-state index contributed by atoms with van der Waals surface area (Å²) in [5, 5.41) is 9.12. The van der Waals surface area contributed by atoms with E-state index in [-0.39, 0.29) is 0 Å². The fourth-order valence-electron chi connectivity index (χ4n) is 9.04. The number of hydrogen-bond donors (Lipinski definition) is 0. The second-order valence-corrected chi connectivity index (χ2v) is 15.2. The van der Waals surface area contributed by atoms with Crippen molar-refractivity contribution < 1.29 is 8.83 Å². The maximum absolute atomic E-state index is 6.73. The van der Waals surface area contributed by atoms with Crippen LogP contribution in [0.5, 0.6) is 0 Å². The van der Waals surface area contributed by atoms with Gasteiger partial charge < -0.3 is 13.7 Å². The average Bonchev–Trinajstić information content (AvgIpc) is 3.90. The average molecular weight is 754 g/mol. The van der Waals surface area contributed by atoms with Crippen LogP contribution < -0.4 is 4.90 Å². The van der Waals surface area contributed by atoms with Gasteiger partial charge in [-0.3, -0.25) is 0 Å². The van der Waals surface area contributed by atoms with Crippen molar-refractivity contribution in [2.45, 2.75) is 0 Å². The van der Waals surface area contributed by atoms with Crippen LogP contribution in [0.1, 0.15) is 0 Å². The molecule has 2 aromatic heterocycles. The topological polar surface area (TPSA) is 29.5 Å². The number of fused-ring (bicyclic) bond motifs is 10. The Balaban J connectivity index is 0.979. The molecule has 276 valence electrons. The Labute approximate surface area is 340 Å². The maximum Gasteiger partial charge on any atom is 0.143 e. The lowest BCUT2D eigenvalue weighted by atomic mass is 9.99. The highest BCUT2D eigenvalue weighted by Gasteiger charge is 2.20. The molecular weight excluding hydrogens is 719 g/mol. The molecule has 0 amide bonds. The quantitative estimate of drug-likeness (QED) is 0.169. The zero-order chi connectivity index (χ0) is 38.9. The summed E-state index contributed by atoms with van der Waals surface area (Å²) >= 11 is 0. The zero-order valence-electron chi connectivity index (χ0n) is 32.0. The lowest BCUT2D eigenvalue weighted by Crippen LogP contribution is -2.11. The normalized spacial score (nSPS) is 11.7. The molecule has 10 aromatic carbocycles. The van der Waals surface area contributed by atoms with Gasteiger partial charge in [0.05, 0.1) is 5.69 Å². The number of nitrogens with zero attached hydrogens (tertiary/aromatic N) is 1. The summed E-state index contributed by atoms with van der Waals surface area (Å²) < 4.78 is 13.5. The molecular formula is C56H35NO2. The van der Waals surface area contributed by atoms with Gasteiger partial charge in [0.2, 0.25) is 0 Å². The molecule has 0 aliphatic rings. The van der Waals surface area contributed by atoms with Crippen molar-refractivity contribution in [1.29, 1.82) is 0 Å². The van der Waals surface area contributed by atoms with Gasteiger partial charge in [-0.25, -0.2) is 0 Å². The molecule has 0 unspecified atom stereocenters. The predicted molar refractivity (Wildman–Crippen MR) is 247 cm³/mol. The molecule has 0 fully saturated rings. The molecule has 59 heavy (non-hydrogen) atoms. The summed E-state index contributed by atoms with van der Waals surface area (Å²) in [6.07, 6.45) is 0. The van der Waals surface area contributed by atoms with Gasteiger partial charge in [-0.1, -0.05) is 170 Å². The fraction of sp³-hybridized carbons (Fsp3) is 0. The monoisotopic (exact) mass is 753 g/mol. The van der Waals surface area contributed by atoms with E-state index in [0.29, 0.717) is 0 Å². The summed E-state index contributed by atoms with van der Waals surface area (Å²) in [6, 6.07) is 75.5. The molecule has 2 heterocycles. The smallest absolute Gasteiger partial charge is 0.143 e. The number of rotatable bonds is 6. The second kappa shape index (κ2) is 13.4. The third kappa shape index (κ3) is 5.36. The number of para-hydroxylation sites is 3. The first-order valence-corrected chi connectivity index (χ1v) is 20.1. The van der Waals surface area contributed by atoms with E-state index in [1.807, 2.05) is 0 Å². The number of hydrogen-bond acceptors (Lipinski definition) is 3. The molecule has 0 aliphatic carbocycles. The van der Waals surface area contributed by atoms with Crippen LogP contribution in [0.25, 0.3) is 98.8 Å². The summed E-state index contributed by atoms with van der Waals surface area (Å²) in [7, 11) is 0. The highest BCUT2D eigenvalue weighted by atomic mass is 16.3. The minimum absolute atomic E-state index is 0.904. The molecule has 0 radical (unpaired) electrons. The van der Waals surface area contributed by atoms with E-state index in [2.05, 4.69) is 217 Å². The highest BCUT2D eigenvalue weighted by Crippen LogP contribution is 2.44. The Bertz CT molecular complexity index is 3340. The summed E-state index contributed by atoms with van der Waals surface area (Å²) in [5.74, 6) is 0. The van der Waals surface area contributed by atoms with E-state index >= 15 is 0 Å². The van der Waals surface area contributed by atoms with E-state index in [9.17, 15) is 0 Å². The van der Waals surface area contributed by atoms with Crippen molar-refractivity contribution in [3.63, 3.8) is 0 Å². The molecule has 3 heteroatoms. The lowest BCUT2D eigenvalue weighted by molar-refractivity contribution is 0.673. The van der Waals surface area contributed by atoms with Crippen molar-refractivity contribution in [2.75, 3.05) is 4.90 Å². The summed E-state index contributed by atoms with van der Waals surface area (Å²) in [5.41, 5.74) is 13.5. The van der Waals surface area contributed by atoms with Crippen molar-refractivity contribution in [3.8, 4) is 33.4 Å². The summed E-state index contributed by atoms with van der Waals surface area (Å²) in [6.45, 7) is 0. The van der Waals surface area contributed by atoms with Gasteiger partial charge in [-0.15, -0.1) is 0 Å². The van der Waals surface area contributed by atoms with E-state index in [1.54, 1.807) is 0 Å². The molecule has 12 rings (SSSR count). The van der Waals surface area contributed by atoms with Gasteiger partial charge in [0.15, 0.2) is 0 Å². The molecule has 0 saturated heterocycles. The van der Waals surface area contributed by atoms with Crippen LogP contribution in [0.4, 0.5) is 17.1 Å². The van der Waals surface area contributed by atoms with Gasteiger partial charge in [0.1, 0.15) is 22.3 Å². The largest absolute Gasteiger partial charge is 0.455 e. The van der Waals surface area contributed by atoms with Crippen molar-refractivity contribution >= 4 is 82.5 Å². The van der Waals surface area contributed by atoms with Gasteiger partial charge in [0.25, 0.3) is 0 Å². The molecule has 0 aliphatic heterocycles. The number of furan rings is 2. The van der Waals surface area contributed by atoms with E-state index in [1.165, 1.54) is 10.8 Å². The summed E-state index contributed by atoms with van der Waals surface area (Å²) in [4.78, 5) is 2.36. The molecule has 3 nitrogen and oxygen atoms in total. The Hall–Kier alpha value is -7.88. The first-order chi connectivity index (χ1) is 29.3. The molecule has 0 spiro atoms. The van der Waals surface area contributed by atoms with Gasteiger partial charge in [0, 0.05) is 60.4 Å². The number of benzene rings is 10. The minimum Gasteiger partial charge on any atom is -0.455 e. The Morgan fingerprint density at radius 3 is 1.20 bits per heavy atom. The highest BCUT2D eigenvalue weighted by molar-refractivity contribution is 6.18. The van der Waals surface area contributed by atoms with Crippen molar-refractivity contribution in [2.24, 2.45) is 0 Å². The van der Waals surface area contributed by atoms with Gasteiger partial charge in [-0.2, -0.15) is 0 Å². The van der Waals surface area contributed by atoms with Crippen LogP contribution in [0.2, 0.25) is 0 Å². The Morgan fingerprint density at radius 1 is 0.254 bits per heavy atom. The van der Waals surface area contributed by atoms with E-state index < -0.39 is 0 Å². The Kier molecular flexibility index (Phi) is 7.54. The maximum atomic E-state index is 6.73. The van der Waals surface area contributed by atoms with Crippen LogP contribution in [0.15, 0.2) is 221 Å². The minimum atomic E-state index is 0.904. The number of anilines is 3. The van der Waals surface area contributed by atoms with Crippen molar-refractivity contribution in [3.05, 3.63) is 212 Å². The van der Waals surface area contributed by atoms with Crippen molar-refractivity contribution in [1.82, 2.24) is 0 Å². The van der Waals surface area contributed by atoms with Gasteiger partial charge >= 0.3 is 0 Å². The SMILES string of the molecule is c1ccc(-c2ccccc2N(c2ccc(-c3cccc4c3oc3c5ccccc5ccc43)cc2)c2ccc(-c3cccc4c3oc3c5ccccc5ccc43)cc2)cc1. The van der Waals surface area contributed by atoms with Crippen LogP contribution >= 0.6 is 0 Å². The van der Waals surface area contributed by atoms with Crippen LogP contribution in [0.3, 0.4) is 0 Å². The van der Waals surface area contributed by atoms with E-state index in [4.69, 9.17) is 8.83 Å². The van der Waals surface area contributed by atoms with Crippen LogP contribution in [0, 0.1) is 0 Å². The molecule has 0 bridgehead atoms. The third-order valence-electron chi connectivity index (χ3n) is 11.9. The zero-order valence-corrected chi connectivity index (χ0v) is 32.0. The first-order valence-electron chi connectivity index (χ1n) is 20.1. The molecule has 12 aromatic rings. The molecule has 0 atom stereocenters. The molecule has 0 saturated carbocycles. The standard InChI is InChI=1S/C56H35NO2/c1-2-12-36(13-3-1)43-16-8-9-23-52(43)57(41-30-24-39(25-31-41)46-19-10-21-48-50-34-28-37-14-4-6-17-44(37)55(50)58-53(46)48)42-32-26-40(27-33-42)47-20-11-22-49-51-35-29-38-15-5-7-18-45(38)56(51)59-54(47)49/h1-35H. The van der Waals surface area contributed by atoms with Crippen LogP contribution in [-0.4, -0.2) is 0 Å². The van der Waals surface area contributed by atoms with Crippen LogP contribution in [-0.2, 0) is 0 Å².